The number of carboxylic acid groups (broad SMARTS) is 1. The number of carbonyl (C=O) groups is 1. The molecule has 2 N–H and O–H groups in total. The Labute approximate surface area is 218 Å². The van der Waals surface area contributed by atoms with E-state index in [0.717, 1.165) is 45.1 Å². The quantitative estimate of drug-likeness (QED) is 0.330. The fourth-order valence-electron chi connectivity index (χ4n) is 4.57. The molecule has 190 valence electrons. The third-order valence-electron chi connectivity index (χ3n) is 6.87. The molecule has 1 aliphatic heterocycles. The molecule has 4 aromatic rings. The van der Waals surface area contributed by atoms with Crippen LogP contribution in [-0.2, 0) is 11.2 Å². The molecule has 3 heterocycles. The Hall–Kier alpha value is -3.85. The second-order valence-corrected chi connectivity index (χ2v) is 10.5. The topological polar surface area (TPSA) is 92.4 Å². The minimum atomic E-state index is -0.931. The lowest BCUT2D eigenvalue weighted by Crippen LogP contribution is -2.21. The first-order chi connectivity index (χ1) is 17.7. The summed E-state index contributed by atoms with van der Waals surface area (Å²) in [6.07, 6.45) is 0.777. The second-order valence-electron chi connectivity index (χ2n) is 9.33. The van der Waals surface area contributed by atoms with E-state index in [1.165, 1.54) is 17.0 Å². The van der Waals surface area contributed by atoms with E-state index < -0.39 is 17.9 Å². The predicted molar refractivity (Wildman–Crippen MR) is 144 cm³/mol. The molecule has 9 heteroatoms. The molecular formula is C28H28FN5O2S. The normalized spacial score (nSPS) is 15.4. The molecule has 0 fully saturated rings. The van der Waals surface area contributed by atoms with Gasteiger partial charge in [0.05, 0.1) is 11.6 Å². The fourth-order valence-corrected chi connectivity index (χ4v) is 5.78. The number of aryl methyl sites for hydroxylation is 2. The summed E-state index contributed by atoms with van der Waals surface area (Å²) in [5, 5.41) is 22.9. The van der Waals surface area contributed by atoms with Crippen molar-refractivity contribution in [3.8, 4) is 5.00 Å². The van der Waals surface area contributed by atoms with Crippen LogP contribution in [-0.4, -0.2) is 38.1 Å². The van der Waals surface area contributed by atoms with Crippen molar-refractivity contribution in [1.29, 1.82) is 0 Å². The van der Waals surface area contributed by atoms with Gasteiger partial charge in [-0.1, -0.05) is 24.3 Å². The van der Waals surface area contributed by atoms with Gasteiger partial charge in [0.2, 0.25) is 0 Å². The molecule has 0 saturated heterocycles. The minimum Gasteiger partial charge on any atom is -0.481 e. The number of nitrogens with zero attached hydrogens (tertiary/aromatic N) is 4. The number of fused-ring (bicyclic) bond motifs is 3. The van der Waals surface area contributed by atoms with Gasteiger partial charge in [-0.15, -0.1) is 21.5 Å². The molecule has 37 heavy (non-hydrogen) atoms. The maximum atomic E-state index is 13.1. The number of thiophene rings is 1. The van der Waals surface area contributed by atoms with Crippen molar-refractivity contribution in [2.24, 2.45) is 10.9 Å². The van der Waals surface area contributed by atoms with Crippen molar-refractivity contribution in [3.63, 3.8) is 0 Å². The summed E-state index contributed by atoms with van der Waals surface area (Å²) in [5.74, 6) is -0.691. The molecule has 0 amide bonds. The maximum Gasteiger partial charge on any atom is 0.308 e. The molecule has 2 atom stereocenters. The smallest absolute Gasteiger partial charge is 0.308 e. The van der Waals surface area contributed by atoms with Gasteiger partial charge in [0.25, 0.3) is 0 Å². The van der Waals surface area contributed by atoms with Gasteiger partial charge in [-0.25, -0.2) is 4.39 Å². The first kappa shape index (κ1) is 24.8. The highest BCUT2D eigenvalue weighted by Gasteiger charge is 2.36. The number of rotatable bonds is 7. The zero-order chi connectivity index (χ0) is 26.3. The van der Waals surface area contributed by atoms with Gasteiger partial charge in [-0.05, 0) is 69.5 Å². The van der Waals surface area contributed by atoms with E-state index in [0.29, 0.717) is 18.2 Å². The molecule has 0 bridgehead atoms. The molecule has 1 unspecified atom stereocenters. The van der Waals surface area contributed by atoms with E-state index in [9.17, 15) is 14.3 Å². The summed E-state index contributed by atoms with van der Waals surface area (Å²) in [6.45, 7) is 8.41. The van der Waals surface area contributed by atoms with Crippen molar-refractivity contribution in [2.45, 2.75) is 40.2 Å². The van der Waals surface area contributed by atoms with Crippen LogP contribution in [0.2, 0.25) is 0 Å². The average molecular weight is 518 g/mol. The van der Waals surface area contributed by atoms with E-state index in [-0.39, 0.29) is 5.82 Å². The first-order valence-electron chi connectivity index (χ1n) is 12.2. The second kappa shape index (κ2) is 9.89. The highest BCUT2D eigenvalue weighted by Crippen LogP contribution is 2.40. The Morgan fingerprint density at radius 2 is 1.81 bits per heavy atom. The monoisotopic (exact) mass is 517 g/mol. The Bertz CT molecular complexity index is 1490. The van der Waals surface area contributed by atoms with E-state index in [1.807, 2.05) is 35.8 Å². The van der Waals surface area contributed by atoms with Crippen LogP contribution in [0, 0.1) is 32.5 Å². The van der Waals surface area contributed by atoms with Crippen molar-refractivity contribution in [1.82, 2.24) is 14.8 Å². The third kappa shape index (κ3) is 4.67. The van der Waals surface area contributed by atoms with Gasteiger partial charge in [0, 0.05) is 28.2 Å². The molecule has 0 saturated carbocycles. The predicted octanol–water partition coefficient (Wildman–Crippen LogP) is 5.66. The first-order valence-corrected chi connectivity index (χ1v) is 13.0. The largest absolute Gasteiger partial charge is 0.481 e. The van der Waals surface area contributed by atoms with Crippen molar-refractivity contribution >= 4 is 28.7 Å². The van der Waals surface area contributed by atoms with E-state index in [1.54, 1.807) is 30.4 Å². The number of hydrogen-bond donors (Lipinski definition) is 2. The number of nitrogens with one attached hydrogen (secondary N) is 1. The van der Waals surface area contributed by atoms with Crippen LogP contribution in [0.5, 0.6) is 0 Å². The lowest BCUT2D eigenvalue weighted by molar-refractivity contribution is -0.141. The fraction of sp³-hybridized carbons (Fsp3) is 0.286. The van der Waals surface area contributed by atoms with Gasteiger partial charge in [0.15, 0.2) is 5.82 Å². The van der Waals surface area contributed by atoms with Gasteiger partial charge >= 0.3 is 5.97 Å². The molecule has 0 radical (unpaired) electrons. The Morgan fingerprint density at radius 1 is 1.11 bits per heavy atom. The van der Waals surface area contributed by atoms with Crippen LogP contribution < -0.4 is 5.32 Å². The van der Waals surface area contributed by atoms with Crippen LogP contribution in [0.4, 0.5) is 10.1 Å². The number of halogens is 1. The molecule has 5 rings (SSSR count). The minimum absolute atomic E-state index is 0.233. The number of aliphatic imine (C=N–C) groups is 1. The standard InChI is InChI=1S/C28H28FN5O2S/c1-15-17(3)37-27-23(15)25(31-24(16(2)28(35)36)26-33-32-18(4)34(26)27)20-7-11-22(12-8-20)30-14-13-19-5-9-21(29)10-6-19/h5-12,16,24,30H,13-14H2,1-4H3,(H,35,36)/t16-,24?/m0/s1. The highest BCUT2D eigenvalue weighted by atomic mass is 32.1. The summed E-state index contributed by atoms with van der Waals surface area (Å²) < 4.78 is 15.1. The van der Waals surface area contributed by atoms with E-state index in [4.69, 9.17) is 4.99 Å². The van der Waals surface area contributed by atoms with Crippen molar-refractivity contribution in [2.75, 3.05) is 11.9 Å². The van der Waals surface area contributed by atoms with Crippen LogP contribution in [0.15, 0.2) is 53.5 Å². The lowest BCUT2D eigenvalue weighted by atomic mass is 9.98. The number of benzene rings is 2. The molecular weight excluding hydrogens is 489 g/mol. The Kier molecular flexibility index (Phi) is 6.64. The number of aliphatic carboxylic acids is 1. The third-order valence-corrected chi connectivity index (χ3v) is 8.06. The summed E-state index contributed by atoms with van der Waals surface area (Å²) >= 11 is 1.64. The van der Waals surface area contributed by atoms with Crippen LogP contribution in [0.25, 0.3) is 5.00 Å². The number of carboxylic acids is 1. The van der Waals surface area contributed by atoms with Crippen molar-refractivity contribution in [3.05, 3.63) is 93.1 Å². The summed E-state index contributed by atoms with van der Waals surface area (Å²) in [6, 6.07) is 13.9. The SMILES string of the molecule is Cc1sc2c(c1C)C(c1ccc(NCCc3ccc(F)cc3)cc1)=NC([C@H](C)C(=O)O)c1nnc(C)n1-2. The summed E-state index contributed by atoms with van der Waals surface area (Å²) in [7, 11) is 0. The number of anilines is 1. The summed E-state index contributed by atoms with van der Waals surface area (Å²) in [5.41, 5.74) is 5.80. The number of aromatic nitrogens is 3. The van der Waals surface area contributed by atoms with Crippen LogP contribution in [0.1, 0.15) is 51.7 Å². The van der Waals surface area contributed by atoms with Crippen molar-refractivity contribution < 1.29 is 14.3 Å². The van der Waals surface area contributed by atoms with E-state index >= 15 is 0 Å². The molecule has 0 aliphatic carbocycles. The molecule has 1 aliphatic rings. The molecule has 0 spiro atoms. The zero-order valence-electron chi connectivity index (χ0n) is 21.1. The maximum absolute atomic E-state index is 13.1. The molecule has 2 aromatic carbocycles. The molecule has 7 nitrogen and oxygen atoms in total. The highest BCUT2D eigenvalue weighted by molar-refractivity contribution is 7.15. The van der Waals surface area contributed by atoms with Crippen LogP contribution >= 0.6 is 11.3 Å². The number of hydrogen-bond acceptors (Lipinski definition) is 6. The summed E-state index contributed by atoms with van der Waals surface area (Å²) in [4.78, 5) is 18.2. The molecule has 2 aromatic heterocycles. The van der Waals surface area contributed by atoms with Crippen LogP contribution in [0.3, 0.4) is 0 Å². The average Bonchev–Trinajstić information content (AvgIpc) is 3.35. The lowest BCUT2D eigenvalue weighted by Gasteiger charge is -2.16. The zero-order valence-corrected chi connectivity index (χ0v) is 21.9. The van der Waals surface area contributed by atoms with Gasteiger partial charge in [0.1, 0.15) is 22.7 Å². The van der Waals surface area contributed by atoms with Gasteiger partial charge < -0.3 is 10.4 Å². The van der Waals surface area contributed by atoms with Gasteiger partial charge in [-0.2, -0.15) is 0 Å². The van der Waals surface area contributed by atoms with Gasteiger partial charge in [-0.3, -0.25) is 14.4 Å². The Balaban J connectivity index is 1.49. The van der Waals surface area contributed by atoms with E-state index in [2.05, 4.69) is 29.4 Å². The Morgan fingerprint density at radius 3 is 2.49 bits per heavy atom.